The quantitative estimate of drug-likeness (QED) is 0.554. The highest BCUT2D eigenvalue weighted by Gasteiger charge is 2.29. The summed E-state index contributed by atoms with van der Waals surface area (Å²) in [6.45, 7) is 6.40. The number of imide groups is 1. The number of nitrogens with one attached hydrogen (secondary N) is 1. The summed E-state index contributed by atoms with van der Waals surface area (Å²) in [5, 5.41) is 2.45. The number of hydrogen-bond acceptors (Lipinski definition) is 6. The first kappa shape index (κ1) is 21.8. The standard InChI is InChI=1S/C26H33N5O2/c27-20-3-7-22(8-4-20)29-13-11-23(12-14-29)31-17-15-30(16-18-31)21-5-1-19(2-6-21)24-9-10-25(32)28-26(24)33/h1-8,23-24H,9-18,27H2,(H,28,32,33). The Hall–Kier alpha value is -3.06. The summed E-state index contributed by atoms with van der Waals surface area (Å²) in [6.07, 6.45) is 3.41. The van der Waals surface area contributed by atoms with Crippen LogP contribution in [0.4, 0.5) is 17.1 Å². The normalized spacial score (nSPS) is 23.0. The maximum Gasteiger partial charge on any atom is 0.234 e. The SMILES string of the molecule is Nc1ccc(N2CCC(N3CCN(c4ccc(C5CCC(=O)NC5=O)cc4)CC3)CC2)cc1. The highest BCUT2D eigenvalue weighted by Crippen LogP contribution is 2.28. The molecule has 0 spiro atoms. The molecule has 3 aliphatic rings. The Morgan fingerprint density at radius 3 is 1.91 bits per heavy atom. The van der Waals surface area contributed by atoms with Gasteiger partial charge >= 0.3 is 0 Å². The molecule has 2 aromatic carbocycles. The van der Waals surface area contributed by atoms with Crippen LogP contribution >= 0.6 is 0 Å². The van der Waals surface area contributed by atoms with Gasteiger partial charge in [-0.2, -0.15) is 0 Å². The van der Waals surface area contributed by atoms with Gasteiger partial charge in [-0.1, -0.05) is 12.1 Å². The molecule has 7 nitrogen and oxygen atoms in total. The van der Waals surface area contributed by atoms with Crippen molar-refractivity contribution < 1.29 is 9.59 Å². The van der Waals surface area contributed by atoms with Crippen molar-refractivity contribution in [3.8, 4) is 0 Å². The number of nitrogen functional groups attached to an aromatic ring is 1. The van der Waals surface area contributed by atoms with Crippen LogP contribution in [0, 0.1) is 0 Å². The third kappa shape index (κ3) is 4.83. The van der Waals surface area contributed by atoms with E-state index in [1.54, 1.807) is 0 Å². The highest BCUT2D eigenvalue weighted by molar-refractivity contribution is 6.00. The van der Waals surface area contributed by atoms with Crippen LogP contribution in [-0.4, -0.2) is 62.0 Å². The van der Waals surface area contributed by atoms with Crippen molar-refractivity contribution in [3.63, 3.8) is 0 Å². The number of amides is 2. The summed E-state index contributed by atoms with van der Waals surface area (Å²) in [4.78, 5) is 31.1. The number of piperidine rings is 2. The van der Waals surface area contributed by atoms with Crippen molar-refractivity contribution in [1.82, 2.24) is 10.2 Å². The van der Waals surface area contributed by atoms with Gasteiger partial charge in [0.2, 0.25) is 11.8 Å². The monoisotopic (exact) mass is 447 g/mol. The fraction of sp³-hybridized carbons (Fsp3) is 0.462. The lowest BCUT2D eigenvalue weighted by molar-refractivity contribution is -0.134. The molecule has 174 valence electrons. The molecule has 0 aliphatic carbocycles. The van der Waals surface area contributed by atoms with Crippen LogP contribution in [-0.2, 0) is 9.59 Å². The molecule has 0 radical (unpaired) electrons. The number of carbonyl (C=O) groups excluding carboxylic acids is 2. The van der Waals surface area contributed by atoms with E-state index in [-0.39, 0.29) is 17.7 Å². The topological polar surface area (TPSA) is 81.9 Å². The Kier molecular flexibility index (Phi) is 6.22. The average molecular weight is 448 g/mol. The molecule has 5 rings (SSSR count). The molecule has 2 aromatic rings. The molecule has 1 unspecified atom stereocenters. The number of piperazine rings is 1. The van der Waals surface area contributed by atoms with Crippen molar-refractivity contribution in [2.24, 2.45) is 0 Å². The Balaban J connectivity index is 1.11. The van der Waals surface area contributed by atoms with Gasteiger partial charge < -0.3 is 15.5 Å². The van der Waals surface area contributed by atoms with Crippen LogP contribution in [0.3, 0.4) is 0 Å². The van der Waals surface area contributed by atoms with Gasteiger partial charge in [-0.15, -0.1) is 0 Å². The van der Waals surface area contributed by atoms with E-state index in [1.165, 1.54) is 24.2 Å². The number of benzene rings is 2. The molecule has 7 heteroatoms. The molecule has 3 N–H and O–H groups in total. The molecule has 1 atom stereocenters. The molecule has 0 aromatic heterocycles. The van der Waals surface area contributed by atoms with E-state index in [1.807, 2.05) is 12.1 Å². The second-order valence-corrected chi connectivity index (χ2v) is 9.43. The Morgan fingerprint density at radius 1 is 0.727 bits per heavy atom. The second kappa shape index (κ2) is 9.43. The number of rotatable bonds is 4. The first-order valence-corrected chi connectivity index (χ1v) is 12.1. The summed E-state index contributed by atoms with van der Waals surface area (Å²) < 4.78 is 0. The van der Waals surface area contributed by atoms with Crippen LogP contribution in [0.25, 0.3) is 0 Å². The minimum absolute atomic E-state index is 0.165. The zero-order valence-electron chi connectivity index (χ0n) is 19.1. The zero-order valence-corrected chi connectivity index (χ0v) is 19.1. The van der Waals surface area contributed by atoms with Crippen molar-refractivity contribution in [3.05, 3.63) is 54.1 Å². The first-order chi connectivity index (χ1) is 16.1. The van der Waals surface area contributed by atoms with Crippen molar-refractivity contribution in [2.45, 2.75) is 37.6 Å². The summed E-state index contributed by atoms with van der Waals surface area (Å²) in [5.41, 5.74) is 10.1. The number of hydrogen-bond donors (Lipinski definition) is 2. The van der Waals surface area contributed by atoms with Crippen LogP contribution in [0.5, 0.6) is 0 Å². The second-order valence-electron chi connectivity index (χ2n) is 9.43. The van der Waals surface area contributed by atoms with Crippen LogP contribution in [0.2, 0.25) is 0 Å². The number of nitrogens with two attached hydrogens (primary N) is 1. The summed E-state index contributed by atoms with van der Waals surface area (Å²) in [7, 11) is 0. The van der Waals surface area contributed by atoms with E-state index in [0.717, 1.165) is 50.5 Å². The van der Waals surface area contributed by atoms with Gasteiger partial charge in [0.05, 0.1) is 5.92 Å². The average Bonchev–Trinajstić information content (AvgIpc) is 2.85. The number of nitrogens with zero attached hydrogens (tertiary/aromatic N) is 3. The fourth-order valence-electron chi connectivity index (χ4n) is 5.45. The van der Waals surface area contributed by atoms with Crippen LogP contribution in [0.1, 0.15) is 37.2 Å². The fourth-order valence-corrected chi connectivity index (χ4v) is 5.45. The molecule has 0 bridgehead atoms. The lowest BCUT2D eigenvalue weighted by Crippen LogP contribution is -2.53. The Labute approximate surface area is 195 Å². The molecular formula is C26H33N5O2. The highest BCUT2D eigenvalue weighted by atomic mass is 16.2. The molecule has 3 fully saturated rings. The zero-order chi connectivity index (χ0) is 22.8. The summed E-state index contributed by atoms with van der Waals surface area (Å²) in [5.74, 6) is -0.551. The van der Waals surface area contributed by atoms with Crippen LogP contribution in [0.15, 0.2) is 48.5 Å². The van der Waals surface area contributed by atoms with Crippen molar-refractivity contribution in [2.75, 3.05) is 54.8 Å². The number of anilines is 3. The first-order valence-electron chi connectivity index (χ1n) is 12.1. The predicted octanol–water partition coefficient (Wildman–Crippen LogP) is 2.58. The third-order valence-corrected chi connectivity index (χ3v) is 7.45. The van der Waals surface area contributed by atoms with E-state index in [2.05, 4.69) is 56.4 Å². The van der Waals surface area contributed by atoms with E-state index in [4.69, 9.17) is 5.73 Å². The predicted molar refractivity (Wildman–Crippen MR) is 131 cm³/mol. The van der Waals surface area contributed by atoms with E-state index in [0.29, 0.717) is 18.9 Å². The van der Waals surface area contributed by atoms with Gasteiger partial charge in [-0.25, -0.2) is 0 Å². The maximum absolute atomic E-state index is 12.1. The van der Waals surface area contributed by atoms with Gasteiger partial charge in [-0.05, 0) is 61.2 Å². The van der Waals surface area contributed by atoms with Gasteiger partial charge in [0.1, 0.15) is 0 Å². The molecule has 0 saturated carbocycles. The molecule has 2 amide bonds. The lowest BCUT2D eigenvalue weighted by atomic mass is 9.90. The van der Waals surface area contributed by atoms with Crippen molar-refractivity contribution in [1.29, 1.82) is 0 Å². The lowest BCUT2D eigenvalue weighted by Gasteiger charge is -2.44. The largest absolute Gasteiger partial charge is 0.399 e. The van der Waals surface area contributed by atoms with Crippen molar-refractivity contribution >= 4 is 28.9 Å². The van der Waals surface area contributed by atoms with E-state index in [9.17, 15) is 9.59 Å². The van der Waals surface area contributed by atoms with Gasteiger partial charge in [0.15, 0.2) is 0 Å². The molecule has 33 heavy (non-hydrogen) atoms. The molecular weight excluding hydrogens is 414 g/mol. The Morgan fingerprint density at radius 2 is 1.30 bits per heavy atom. The maximum atomic E-state index is 12.1. The summed E-state index contributed by atoms with van der Waals surface area (Å²) in [6, 6.07) is 17.2. The molecule has 3 saturated heterocycles. The summed E-state index contributed by atoms with van der Waals surface area (Å²) >= 11 is 0. The number of carbonyl (C=O) groups is 2. The van der Waals surface area contributed by atoms with Gasteiger partial charge in [-0.3, -0.25) is 19.8 Å². The molecule has 3 heterocycles. The van der Waals surface area contributed by atoms with Crippen LogP contribution < -0.4 is 20.9 Å². The van der Waals surface area contributed by atoms with Gasteiger partial charge in [0.25, 0.3) is 0 Å². The van der Waals surface area contributed by atoms with E-state index < -0.39 is 0 Å². The van der Waals surface area contributed by atoms with E-state index >= 15 is 0 Å². The van der Waals surface area contributed by atoms with Gasteiger partial charge in [0, 0.05) is 68.8 Å². The minimum Gasteiger partial charge on any atom is -0.399 e. The smallest absolute Gasteiger partial charge is 0.234 e. The molecule has 3 aliphatic heterocycles. The third-order valence-electron chi connectivity index (χ3n) is 7.45. The Bertz CT molecular complexity index is 975. The minimum atomic E-state index is -0.215.